The van der Waals surface area contributed by atoms with Crippen molar-refractivity contribution < 1.29 is 9.53 Å². The van der Waals surface area contributed by atoms with Crippen molar-refractivity contribution in [1.82, 2.24) is 10.2 Å². The van der Waals surface area contributed by atoms with Crippen LogP contribution in [0.25, 0.3) is 0 Å². The second kappa shape index (κ2) is 7.95. The zero-order chi connectivity index (χ0) is 16.1. The molecule has 2 atom stereocenters. The van der Waals surface area contributed by atoms with E-state index in [1.54, 1.807) is 0 Å². The number of hydrogen-bond acceptors (Lipinski definition) is 4. The maximum absolute atomic E-state index is 12.7. The number of carbonyl (C=O) groups excluding carboxylic acids is 1. The SMILES string of the molecule is NC[C@H]1CCC[C@H]1C(=O)NCC1(N2CCCCC2)CCOCC1. The average Bonchev–Trinajstić information content (AvgIpc) is 3.10. The van der Waals surface area contributed by atoms with Gasteiger partial charge in [-0.1, -0.05) is 12.8 Å². The predicted molar refractivity (Wildman–Crippen MR) is 91.1 cm³/mol. The first-order valence-electron chi connectivity index (χ1n) is 9.56. The fraction of sp³-hybridized carbons (Fsp3) is 0.944. The Kier molecular flexibility index (Phi) is 5.94. The second-order valence-electron chi connectivity index (χ2n) is 7.64. The molecule has 0 aromatic carbocycles. The lowest BCUT2D eigenvalue weighted by atomic mass is 9.85. The minimum atomic E-state index is 0.116. The summed E-state index contributed by atoms with van der Waals surface area (Å²) < 4.78 is 5.60. The van der Waals surface area contributed by atoms with Gasteiger partial charge in [0, 0.05) is 31.2 Å². The molecule has 0 aromatic rings. The molecule has 0 bridgehead atoms. The van der Waals surface area contributed by atoms with E-state index in [-0.39, 0.29) is 17.4 Å². The van der Waals surface area contributed by atoms with E-state index in [1.165, 1.54) is 32.4 Å². The highest BCUT2D eigenvalue weighted by molar-refractivity contribution is 5.79. The summed E-state index contributed by atoms with van der Waals surface area (Å²) in [6.07, 6.45) is 9.26. The summed E-state index contributed by atoms with van der Waals surface area (Å²) in [4.78, 5) is 15.3. The fourth-order valence-corrected chi connectivity index (χ4v) is 4.77. The van der Waals surface area contributed by atoms with Gasteiger partial charge < -0.3 is 15.8 Å². The predicted octanol–water partition coefficient (Wildman–Crippen LogP) is 1.51. The highest BCUT2D eigenvalue weighted by atomic mass is 16.5. The Morgan fingerprint density at radius 1 is 1.13 bits per heavy atom. The van der Waals surface area contributed by atoms with Crippen molar-refractivity contribution in [3.8, 4) is 0 Å². The standard InChI is InChI=1S/C18H33N3O2/c19-13-15-5-4-6-16(15)17(22)20-14-18(7-11-23-12-8-18)21-9-2-1-3-10-21/h15-16H,1-14,19H2,(H,20,22)/t15-,16-/m1/s1. The third-order valence-electron chi connectivity index (χ3n) is 6.34. The molecule has 1 aliphatic carbocycles. The number of piperidine rings is 1. The monoisotopic (exact) mass is 323 g/mol. The Bertz CT molecular complexity index is 390. The lowest BCUT2D eigenvalue weighted by Gasteiger charge is -2.48. The van der Waals surface area contributed by atoms with Crippen LogP contribution in [0.3, 0.4) is 0 Å². The van der Waals surface area contributed by atoms with Gasteiger partial charge in [0.15, 0.2) is 0 Å². The number of rotatable bonds is 5. The molecule has 3 N–H and O–H groups in total. The number of amides is 1. The third kappa shape index (κ3) is 3.89. The minimum Gasteiger partial charge on any atom is -0.381 e. The molecule has 0 unspecified atom stereocenters. The highest BCUT2D eigenvalue weighted by Gasteiger charge is 2.40. The van der Waals surface area contributed by atoms with Gasteiger partial charge in [0.25, 0.3) is 0 Å². The minimum absolute atomic E-state index is 0.116. The normalized spacial score (nSPS) is 31.9. The van der Waals surface area contributed by atoms with Crippen molar-refractivity contribution in [3.63, 3.8) is 0 Å². The molecule has 3 fully saturated rings. The first kappa shape index (κ1) is 17.2. The van der Waals surface area contributed by atoms with Gasteiger partial charge in [-0.15, -0.1) is 0 Å². The van der Waals surface area contributed by atoms with Gasteiger partial charge in [-0.25, -0.2) is 0 Å². The van der Waals surface area contributed by atoms with Crippen LogP contribution in [0.15, 0.2) is 0 Å². The van der Waals surface area contributed by atoms with Crippen LogP contribution in [0.1, 0.15) is 51.4 Å². The van der Waals surface area contributed by atoms with Crippen LogP contribution in [0.2, 0.25) is 0 Å². The Labute approximate surface area is 140 Å². The van der Waals surface area contributed by atoms with Crippen LogP contribution in [0, 0.1) is 11.8 Å². The molecule has 3 rings (SSSR count). The van der Waals surface area contributed by atoms with Crippen molar-refractivity contribution >= 4 is 5.91 Å². The van der Waals surface area contributed by atoms with Gasteiger partial charge in [0.05, 0.1) is 0 Å². The van der Waals surface area contributed by atoms with E-state index < -0.39 is 0 Å². The molecule has 23 heavy (non-hydrogen) atoms. The fourth-order valence-electron chi connectivity index (χ4n) is 4.77. The number of ether oxygens (including phenoxy) is 1. The molecule has 1 saturated carbocycles. The van der Waals surface area contributed by atoms with Crippen LogP contribution in [0.5, 0.6) is 0 Å². The molecule has 1 amide bonds. The average molecular weight is 323 g/mol. The van der Waals surface area contributed by atoms with Gasteiger partial charge in [-0.05, 0) is 64.1 Å². The molecule has 0 spiro atoms. The zero-order valence-electron chi connectivity index (χ0n) is 14.4. The van der Waals surface area contributed by atoms with E-state index in [4.69, 9.17) is 10.5 Å². The van der Waals surface area contributed by atoms with Gasteiger partial charge in [0.1, 0.15) is 0 Å². The second-order valence-corrected chi connectivity index (χ2v) is 7.64. The summed E-state index contributed by atoms with van der Waals surface area (Å²) in [6.45, 7) is 5.41. The summed E-state index contributed by atoms with van der Waals surface area (Å²) in [5.74, 6) is 0.759. The van der Waals surface area contributed by atoms with Gasteiger partial charge >= 0.3 is 0 Å². The molecule has 0 radical (unpaired) electrons. The van der Waals surface area contributed by atoms with E-state index in [1.807, 2.05) is 0 Å². The van der Waals surface area contributed by atoms with Crippen molar-refractivity contribution in [2.75, 3.05) is 39.4 Å². The maximum Gasteiger partial charge on any atom is 0.223 e. The Balaban J connectivity index is 1.61. The molecule has 2 aliphatic heterocycles. The summed E-state index contributed by atoms with van der Waals surface area (Å²) >= 11 is 0. The van der Waals surface area contributed by atoms with Gasteiger partial charge in [-0.3, -0.25) is 9.69 Å². The van der Waals surface area contributed by atoms with Crippen LogP contribution in [0.4, 0.5) is 0 Å². The smallest absolute Gasteiger partial charge is 0.223 e. The van der Waals surface area contributed by atoms with Crippen molar-refractivity contribution in [2.45, 2.75) is 56.9 Å². The molecule has 2 saturated heterocycles. The number of carbonyl (C=O) groups is 1. The summed E-state index contributed by atoms with van der Waals surface area (Å²) in [6, 6.07) is 0. The molecular weight excluding hydrogens is 290 g/mol. The first-order valence-corrected chi connectivity index (χ1v) is 9.56. The quantitative estimate of drug-likeness (QED) is 0.805. The zero-order valence-corrected chi connectivity index (χ0v) is 14.4. The highest BCUT2D eigenvalue weighted by Crippen LogP contribution is 2.33. The van der Waals surface area contributed by atoms with Crippen molar-refractivity contribution in [2.24, 2.45) is 17.6 Å². The van der Waals surface area contributed by atoms with Crippen LogP contribution in [-0.4, -0.2) is 55.7 Å². The molecule has 5 heteroatoms. The van der Waals surface area contributed by atoms with Crippen molar-refractivity contribution in [1.29, 1.82) is 0 Å². The van der Waals surface area contributed by atoms with Gasteiger partial charge in [-0.2, -0.15) is 0 Å². The number of nitrogens with one attached hydrogen (secondary N) is 1. The van der Waals surface area contributed by atoms with Crippen molar-refractivity contribution in [3.05, 3.63) is 0 Å². The van der Waals surface area contributed by atoms with Crippen LogP contribution >= 0.6 is 0 Å². The Hall–Kier alpha value is -0.650. The number of hydrogen-bond donors (Lipinski definition) is 2. The third-order valence-corrected chi connectivity index (χ3v) is 6.34. The van der Waals surface area contributed by atoms with E-state index in [0.717, 1.165) is 51.9 Å². The number of nitrogens with two attached hydrogens (primary N) is 1. The summed E-state index contributed by atoms with van der Waals surface area (Å²) in [5, 5.41) is 3.31. The maximum atomic E-state index is 12.7. The molecule has 5 nitrogen and oxygen atoms in total. The largest absolute Gasteiger partial charge is 0.381 e. The van der Waals surface area contributed by atoms with Gasteiger partial charge in [0.2, 0.25) is 5.91 Å². The summed E-state index contributed by atoms with van der Waals surface area (Å²) in [7, 11) is 0. The molecule has 0 aromatic heterocycles. The lowest BCUT2D eigenvalue weighted by Crippen LogP contribution is -2.60. The first-order chi connectivity index (χ1) is 11.2. The van der Waals surface area contributed by atoms with E-state index in [9.17, 15) is 4.79 Å². The molecule has 3 aliphatic rings. The topological polar surface area (TPSA) is 67.6 Å². The number of likely N-dealkylation sites (tertiary alicyclic amines) is 1. The Morgan fingerprint density at radius 3 is 2.57 bits per heavy atom. The molecular formula is C18H33N3O2. The summed E-state index contributed by atoms with van der Waals surface area (Å²) in [5.41, 5.74) is 5.96. The van der Waals surface area contributed by atoms with Crippen LogP contribution < -0.4 is 11.1 Å². The molecule has 132 valence electrons. The Morgan fingerprint density at radius 2 is 1.87 bits per heavy atom. The van der Waals surface area contributed by atoms with Crippen LogP contribution in [-0.2, 0) is 9.53 Å². The molecule has 2 heterocycles. The van der Waals surface area contributed by atoms with E-state index in [2.05, 4.69) is 10.2 Å². The number of nitrogens with zero attached hydrogens (tertiary/aromatic N) is 1. The van der Waals surface area contributed by atoms with E-state index in [0.29, 0.717) is 12.5 Å². The lowest BCUT2D eigenvalue weighted by molar-refractivity contribution is -0.127. The van der Waals surface area contributed by atoms with E-state index >= 15 is 0 Å².